The quantitative estimate of drug-likeness (QED) is 0.864. The summed E-state index contributed by atoms with van der Waals surface area (Å²) in [5.74, 6) is 0. The number of hydrogen-bond donors (Lipinski definition) is 1. The lowest BCUT2D eigenvalue weighted by molar-refractivity contribution is 0.123. The van der Waals surface area contributed by atoms with E-state index in [4.69, 9.17) is 0 Å². The highest BCUT2D eigenvalue weighted by Gasteiger charge is 2.39. The minimum Gasteiger partial charge on any atom is -0.310 e. The number of benzene rings is 1. The Labute approximate surface area is 147 Å². The Bertz CT molecular complexity index is 524. The molecule has 2 atom stereocenters. The van der Waals surface area contributed by atoms with Crippen LogP contribution < -0.4 is 5.32 Å². The Hall–Kier alpha value is -0.900. The van der Waals surface area contributed by atoms with E-state index in [9.17, 15) is 0 Å². The van der Waals surface area contributed by atoms with Gasteiger partial charge in [0.1, 0.15) is 0 Å². The van der Waals surface area contributed by atoms with Crippen LogP contribution in [0, 0.1) is 0 Å². The first-order valence-electron chi connectivity index (χ1n) is 10.1. The van der Waals surface area contributed by atoms with Crippen LogP contribution in [-0.4, -0.2) is 47.6 Å². The molecule has 4 rings (SSSR count). The Morgan fingerprint density at radius 2 is 1.75 bits per heavy atom. The Balaban J connectivity index is 1.30. The number of nitrogens with zero attached hydrogens (tertiary/aromatic N) is 2. The van der Waals surface area contributed by atoms with Crippen LogP contribution >= 0.6 is 0 Å². The molecule has 0 amide bonds. The maximum absolute atomic E-state index is 3.86. The van der Waals surface area contributed by atoms with Crippen molar-refractivity contribution < 1.29 is 0 Å². The predicted molar refractivity (Wildman–Crippen MR) is 100 cm³/mol. The number of likely N-dealkylation sites (tertiary alicyclic amines) is 1. The van der Waals surface area contributed by atoms with Gasteiger partial charge in [-0.2, -0.15) is 0 Å². The van der Waals surface area contributed by atoms with Crippen molar-refractivity contribution in [2.75, 3.05) is 19.6 Å². The van der Waals surface area contributed by atoms with Gasteiger partial charge in [-0.25, -0.2) is 0 Å². The fourth-order valence-corrected chi connectivity index (χ4v) is 5.26. The number of rotatable bonds is 6. The first-order chi connectivity index (χ1) is 11.8. The third kappa shape index (κ3) is 3.68. The van der Waals surface area contributed by atoms with E-state index in [1.165, 1.54) is 69.3 Å². The molecule has 0 aliphatic carbocycles. The second kappa shape index (κ2) is 7.55. The number of piperidine rings is 1. The molecule has 1 aromatic rings. The van der Waals surface area contributed by atoms with Gasteiger partial charge in [-0.15, -0.1) is 0 Å². The molecular weight excluding hydrogens is 294 g/mol. The van der Waals surface area contributed by atoms with E-state index < -0.39 is 0 Å². The van der Waals surface area contributed by atoms with E-state index in [0.717, 1.165) is 25.2 Å². The fraction of sp³-hybridized carbons (Fsp3) is 0.714. The molecule has 3 fully saturated rings. The molecule has 0 saturated carbocycles. The van der Waals surface area contributed by atoms with Crippen molar-refractivity contribution in [2.24, 2.45) is 0 Å². The molecule has 132 valence electrons. The minimum absolute atomic E-state index is 0.715. The Morgan fingerprint density at radius 3 is 2.46 bits per heavy atom. The van der Waals surface area contributed by atoms with Gasteiger partial charge >= 0.3 is 0 Å². The molecular formula is C21H33N3. The van der Waals surface area contributed by atoms with Crippen molar-refractivity contribution in [2.45, 2.75) is 76.7 Å². The standard InChI is InChI=1S/C21H33N3/c1-2-24-20-8-9-21(24)14-19(13-20)22-15-17-6-5-7-18(12-17)16-23-10-3-4-11-23/h5-7,12,19-22H,2-4,8-11,13-16H2,1H3. The van der Waals surface area contributed by atoms with Crippen molar-refractivity contribution >= 4 is 0 Å². The average Bonchev–Trinajstić information content (AvgIpc) is 3.19. The van der Waals surface area contributed by atoms with Gasteiger partial charge in [0.15, 0.2) is 0 Å². The average molecular weight is 328 g/mol. The van der Waals surface area contributed by atoms with E-state index in [1.54, 1.807) is 0 Å². The fourth-order valence-electron chi connectivity index (χ4n) is 5.26. The van der Waals surface area contributed by atoms with Crippen LogP contribution in [0.2, 0.25) is 0 Å². The summed E-state index contributed by atoms with van der Waals surface area (Å²) >= 11 is 0. The Kier molecular flexibility index (Phi) is 5.21. The molecule has 0 spiro atoms. The van der Waals surface area contributed by atoms with Gasteiger partial charge in [0.25, 0.3) is 0 Å². The van der Waals surface area contributed by atoms with Crippen molar-refractivity contribution in [1.82, 2.24) is 15.1 Å². The molecule has 3 nitrogen and oxygen atoms in total. The third-order valence-corrected chi connectivity index (χ3v) is 6.44. The van der Waals surface area contributed by atoms with Crippen LogP contribution in [0.5, 0.6) is 0 Å². The van der Waals surface area contributed by atoms with E-state index in [-0.39, 0.29) is 0 Å². The summed E-state index contributed by atoms with van der Waals surface area (Å²) in [6, 6.07) is 11.6. The van der Waals surface area contributed by atoms with Gasteiger partial charge in [-0.1, -0.05) is 31.2 Å². The van der Waals surface area contributed by atoms with Crippen LogP contribution in [0.4, 0.5) is 0 Å². The summed E-state index contributed by atoms with van der Waals surface area (Å²) in [5, 5.41) is 3.86. The molecule has 1 aromatic carbocycles. The molecule has 2 bridgehead atoms. The van der Waals surface area contributed by atoms with Gasteiger partial charge in [-0.3, -0.25) is 9.80 Å². The van der Waals surface area contributed by atoms with Crippen molar-refractivity contribution in [3.05, 3.63) is 35.4 Å². The molecule has 24 heavy (non-hydrogen) atoms. The highest BCUT2D eigenvalue weighted by Crippen LogP contribution is 2.35. The number of fused-ring (bicyclic) bond motifs is 2. The third-order valence-electron chi connectivity index (χ3n) is 6.44. The molecule has 3 aliphatic rings. The number of hydrogen-bond acceptors (Lipinski definition) is 3. The Morgan fingerprint density at radius 1 is 1.04 bits per heavy atom. The van der Waals surface area contributed by atoms with Crippen molar-refractivity contribution in [3.8, 4) is 0 Å². The molecule has 2 unspecified atom stereocenters. The van der Waals surface area contributed by atoms with Crippen LogP contribution in [0.25, 0.3) is 0 Å². The highest BCUT2D eigenvalue weighted by molar-refractivity contribution is 5.23. The van der Waals surface area contributed by atoms with E-state index in [1.807, 2.05) is 0 Å². The lowest BCUT2D eigenvalue weighted by Gasteiger charge is -2.38. The summed E-state index contributed by atoms with van der Waals surface area (Å²) in [5.41, 5.74) is 2.94. The monoisotopic (exact) mass is 327 g/mol. The number of nitrogens with one attached hydrogen (secondary N) is 1. The van der Waals surface area contributed by atoms with E-state index >= 15 is 0 Å². The predicted octanol–water partition coefficient (Wildman–Crippen LogP) is 3.39. The zero-order chi connectivity index (χ0) is 16.4. The second-order valence-electron chi connectivity index (χ2n) is 8.07. The maximum atomic E-state index is 3.86. The lowest BCUT2D eigenvalue weighted by atomic mass is 9.97. The molecule has 0 radical (unpaired) electrons. The second-order valence-corrected chi connectivity index (χ2v) is 8.07. The first-order valence-corrected chi connectivity index (χ1v) is 10.1. The van der Waals surface area contributed by atoms with Crippen molar-refractivity contribution in [3.63, 3.8) is 0 Å². The van der Waals surface area contributed by atoms with Crippen LogP contribution in [0.15, 0.2) is 24.3 Å². The minimum atomic E-state index is 0.715. The van der Waals surface area contributed by atoms with Crippen LogP contribution in [0.1, 0.15) is 56.6 Å². The first kappa shape index (κ1) is 16.6. The van der Waals surface area contributed by atoms with E-state index in [2.05, 4.69) is 46.3 Å². The van der Waals surface area contributed by atoms with Gasteiger partial charge in [-0.05, 0) is 69.3 Å². The largest absolute Gasteiger partial charge is 0.310 e. The summed E-state index contributed by atoms with van der Waals surface area (Å²) in [4.78, 5) is 5.33. The smallest absolute Gasteiger partial charge is 0.0233 e. The molecule has 3 aliphatic heterocycles. The topological polar surface area (TPSA) is 18.5 Å². The van der Waals surface area contributed by atoms with E-state index in [0.29, 0.717) is 6.04 Å². The molecule has 3 heteroatoms. The zero-order valence-corrected chi connectivity index (χ0v) is 15.2. The molecule has 0 aromatic heterocycles. The van der Waals surface area contributed by atoms with Gasteiger partial charge in [0.05, 0.1) is 0 Å². The zero-order valence-electron chi connectivity index (χ0n) is 15.2. The van der Waals surface area contributed by atoms with Gasteiger partial charge in [0.2, 0.25) is 0 Å². The highest BCUT2D eigenvalue weighted by atomic mass is 15.2. The molecule has 3 heterocycles. The normalized spacial score (nSPS) is 31.0. The van der Waals surface area contributed by atoms with Gasteiger partial charge < -0.3 is 5.32 Å². The van der Waals surface area contributed by atoms with Crippen molar-refractivity contribution in [1.29, 1.82) is 0 Å². The summed E-state index contributed by atoms with van der Waals surface area (Å²) in [6.07, 6.45) is 8.28. The molecule has 3 saturated heterocycles. The molecule has 1 N–H and O–H groups in total. The summed E-state index contributed by atoms with van der Waals surface area (Å²) in [6.45, 7) is 8.28. The van der Waals surface area contributed by atoms with Gasteiger partial charge in [0, 0.05) is 31.2 Å². The SMILES string of the molecule is CCN1C2CCC1CC(NCc1cccc(CN3CCCC3)c1)C2. The summed E-state index contributed by atoms with van der Waals surface area (Å²) < 4.78 is 0. The maximum Gasteiger partial charge on any atom is 0.0233 e. The van der Waals surface area contributed by atoms with Crippen LogP contribution in [-0.2, 0) is 13.1 Å². The van der Waals surface area contributed by atoms with Crippen LogP contribution in [0.3, 0.4) is 0 Å². The lowest BCUT2D eigenvalue weighted by Crippen LogP contribution is -2.48. The summed E-state index contributed by atoms with van der Waals surface area (Å²) in [7, 11) is 0.